The van der Waals surface area contributed by atoms with Gasteiger partial charge in [0.2, 0.25) is 17.7 Å². The predicted octanol–water partition coefficient (Wildman–Crippen LogP) is 5.07. The van der Waals surface area contributed by atoms with Gasteiger partial charge in [0.1, 0.15) is 17.7 Å². The summed E-state index contributed by atoms with van der Waals surface area (Å²) in [5, 5.41) is 8.61. The largest absolute Gasteiger partial charge is 0.444 e. The molecule has 1 fully saturated rings. The van der Waals surface area contributed by atoms with Gasteiger partial charge in [0.05, 0.1) is 0 Å². The van der Waals surface area contributed by atoms with Gasteiger partial charge in [-0.3, -0.25) is 14.4 Å². The molecule has 9 nitrogen and oxygen atoms in total. The Hall–Kier alpha value is -3.10. The Morgan fingerprint density at radius 1 is 0.925 bits per heavy atom. The molecule has 9 heteroatoms. The van der Waals surface area contributed by atoms with Crippen molar-refractivity contribution in [2.24, 2.45) is 17.8 Å². The number of hydrogen-bond acceptors (Lipinski definition) is 5. The van der Waals surface area contributed by atoms with E-state index in [0.29, 0.717) is 44.0 Å². The standard InChI is InChI=1S/C31H50N4O5/c1-19(2)18-25(33-30(39)40-31(7,8)9)29(38)35-16-14-23(15-17-35)27(36)34-26(21(5)6)28(37)32-24-12-10-22(11-13-24)20(3)4/h10-13,19-21,23,25-26H,14-18H2,1-9H3,(H,32,37)(H,33,39)(H,34,36). The maximum atomic E-state index is 13.3. The van der Waals surface area contributed by atoms with E-state index in [1.807, 2.05) is 52.0 Å². The first-order valence-electron chi connectivity index (χ1n) is 14.6. The molecule has 1 aromatic carbocycles. The van der Waals surface area contributed by atoms with Gasteiger partial charge < -0.3 is 25.6 Å². The lowest BCUT2D eigenvalue weighted by Gasteiger charge is -2.35. The second kappa shape index (κ2) is 14.5. The van der Waals surface area contributed by atoms with Crippen molar-refractivity contribution in [1.29, 1.82) is 0 Å². The smallest absolute Gasteiger partial charge is 0.408 e. The first-order chi connectivity index (χ1) is 18.6. The molecule has 3 N–H and O–H groups in total. The zero-order valence-electron chi connectivity index (χ0n) is 25.8. The first kappa shape index (κ1) is 33.1. The van der Waals surface area contributed by atoms with E-state index >= 15 is 0 Å². The third kappa shape index (κ3) is 10.5. The number of ether oxygens (including phenoxy) is 1. The van der Waals surface area contributed by atoms with Crippen LogP contribution < -0.4 is 16.0 Å². The van der Waals surface area contributed by atoms with E-state index in [0.717, 1.165) is 0 Å². The molecule has 0 saturated carbocycles. The molecular formula is C31H50N4O5. The van der Waals surface area contributed by atoms with Crippen LogP contribution in [0.1, 0.15) is 93.1 Å². The summed E-state index contributed by atoms with van der Waals surface area (Å²) in [4.78, 5) is 53.6. The summed E-state index contributed by atoms with van der Waals surface area (Å²) in [6.07, 6.45) is 0.849. The lowest BCUT2D eigenvalue weighted by atomic mass is 9.93. The minimum absolute atomic E-state index is 0.101. The summed E-state index contributed by atoms with van der Waals surface area (Å²) in [5.74, 6) is -0.404. The lowest BCUT2D eigenvalue weighted by Crippen LogP contribution is -2.54. The highest BCUT2D eigenvalue weighted by Gasteiger charge is 2.34. The van der Waals surface area contributed by atoms with E-state index in [-0.39, 0.29) is 35.5 Å². The molecule has 1 heterocycles. The molecule has 0 spiro atoms. The average molecular weight is 559 g/mol. The zero-order chi connectivity index (χ0) is 30.2. The fraction of sp³-hybridized carbons (Fsp3) is 0.677. The van der Waals surface area contributed by atoms with Crippen LogP contribution in [-0.2, 0) is 19.1 Å². The van der Waals surface area contributed by atoms with Crippen LogP contribution in [0.25, 0.3) is 0 Å². The highest BCUT2D eigenvalue weighted by atomic mass is 16.6. The van der Waals surface area contributed by atoms with Crippen molar-refractivity contribution in [2.75, 3.05) is 18.4 Å². The van der Waals surface area contributed by atoms with Crippen molar-refractivity contribution in [3.05, 3.63) is 29.8 Å². The quantitative estimate of drug-likeness (QED) is 0.371. The van der Waals surface area contributed by atoms with Crippen LogP contribution in [0.4, 0.5) is 10.5 Å². The summed E-state index contributed by atoms with van der Waals surface area (Å²) in [6.45, 7) is 18.2. The fourth-order valence-corrected chi connectivity index (χ4v) is 4.70. The molecular weight excluding hydrogens is 508 g/mol. The second-order valence-electron chi connectivity index (χ2n) is 12.9. The number of piperidine rings is 1. The van der Waals surface area contributed by atoms with Crippen LogP contribution in [-0.4, -0.2) is 59.5 Å². The average Bonchev–Trinajstić information content (AvgIpc) is 2.85. The number of carbonyl (C=O) groups excluding carboxylic acids is 4. The van der Waals surface area contributed by atoms with Crippen LogP contribution in [0.5, 0.6) is 0 Å². The molecule has 1 saturated heterocycles. The first-order valence-corrected chi connectivity index (χ1v) is 14.6. The van der Waals surface area contributed by atoms with Crippen molar-refractivity contribution < 1.29 is 23.9 Å². The topological polar surface area (TPSA) is 117 Å². The van der Waals surface area contributed by atoms with Gasteiger partial charge in [0, 0.05) is 24.7 Å². The van der Waals surface area contributed by atoms with Gasteiger partial charge in [-0.1, -0.05) is 53.7 Å². The Labute approximate surface area is 240 Å². The lowest BCUT2D eigenvalue weighted by molar-refractivity contribution is -0.138. The van der Waals surface area contributed by atoms with Gasteiger partial charge >= 0.3 is 6.09 Å². The van der Waals surface area contributed by atoms with E-state index < -0.39 is 23.8 Å². The number of hydrogen-bond donors (Lipinski definition) is 3. The summed E-state index contributed by atoms with van der Waals surface area (Å²) < 4.78 is 5.36. The molecule has 1 aliphatic heterocycles. The minimum atomic E-state index is -0.691. The molecule has 2 rings (SSSR count). The fourth-order valence-electron chi connectivity index (χ4n) is 4.70. The van der Waals surface area contributed by atoms with Gasteiger partial charge in [0.25, 0.3) is 0 Å². The van der Waals surface area contributed by atoms with Crippen molar-refractivity contribution in [3.8, 4) is 0 Å². The summed E-state index contributed by atoms with van der Waals surface area (Å²) in [6, 6.07) is 6.38. The highest BCUT2D eigenvalue weighted by Crippen LogP contribution is 2.22. The number of amides is 4. The Kier molecular flexibility index (Phi) is 12.0. The Balaban J connectivity index is 1.96. The number of carbonyl (C=O) groups is 4. The Morgan fingerprint density at radius 2 is 1.50 bits per heavy atom. The maximum absolute atomic E-state index is 13.3. The minimum Gasteiger partial charge on any atom is -0.444 e. The predicted molar refractivity (Wildman–Crippen MR) is 158 cm³/mol. The van der Waals surface area contributed by atoms with Gasteiger partial charge in [0.15, 0.2) is 0 Å². The molecule has 1 aliphatic rings. The number of nitrogens with zero attached hydrogens (tertiary/aromatic N) is 1. The molecule has 40 heavy (non-hydrogen) atoms. The molecule has 0 radical (unpaired) electrons. The molecule has 2 unspecified atom stereocenters. The Morgan fingerprint density at radius 3 is 1.98 bits per heavy atom. The van der Waals surface area contributed by atoms with Crippen molar-refractivity contribution >= 4 is 29.5 Å². The number of alkyl carbamates (subject to hydrolysis) is 1. The highest BCUT2D eigenvalue weighted by molar-refractivity contribution is 5.97. The van der Waals surface area contributed by atoms with Crippen LogP contribution in [0.2, 0.25) is 0 Å². The molecule has 224 valence electrons. The third-order valence-electron chi connectivity index (χ3n) is 6.97. The number of rotatable bonds is 10. The summed E-state index contributed by atoms with van der Waals surface area (Å²) in [5.41, 5.74) is 1.22. The molecule has 0 bridgehead atoms. The third-order valence-corrected chi connectivity index (χ3v) is 6.97. The van der Waals surface area contributed by atoms with Gasteiger partial charge in [-0.2, -0.15) is 0 Å². The number of likely N-dealkylation sites (tertiary alicyclic amines) is 1. The number of benzene rings is 1. The summed E-state index contributed by atoms with van der Waals surface area (Å²) >= 11 is 0. The number of nitrogens with one attached hydrogen (secondary N) is 3. The monoisotopic (exact) mass is 558 g/mol. The van der Waals surface area contributed by atoms with Gasteiger partial charge in [-0.15, -0.1) is 0 Å². The van der Waals surface area contributed by atoms with E-state index in [9.17, 15) is 19.2 Å². The van der Waals surface area contributed by atoms with Crippen molar-refractivity contribution in [2.45, 2.75) is 105 Å². The van der Waals surface area contributed by atoms with Crippen LogP contribution >= 0.6 is 0 Å². The zero-order valence-corrected chi connectivity index (χ0v) is 25.8. The van der Waals surface area contributed by atoms with Crippen LogP contribution in [0.15, 0.2) is 24.3 Å². The SMILES string of the molecule is CC(C)CC(NC(=O)OC(C)(C)C)C(=O)N1CCC(C(=O)NC(C(=O)Nc2ccc(C(C)C)cc2)C(C)C)CC1. The van der Waals surface area contributed by atoms with E-state index in [4.69, 9.17) is 4.74 Å². The number of anilines is 1. The van der Waals surface area contributed by atoms with Crippen LogP contribution in [0, 0.1) is 17.8 Å². The molecule has 2 atom stereocenters. The normalized spacial score (nSPS) is 16.1. The maximum Gasteiger partial charge on any atom is 0.408 e. The van der Waals surface area contributed by atoms with Gasteiger partial charge in [-0.05, 0) is 75.5 Å². The second-order valence-corrected chi connectivity index (χ2v) is 12.9. The van der Waals surface area contributed by atoms with Crippen molar-refractivity contribution in [3.63, 3.8) is 0 Å². The van der Waals surface area contributed by atoms with Crippen LogP contribution in [0.3, 0.4) is 0 Å². The van der Waals surface area contributed by atoms with Crippen molar-refractivity contribution in [1.82, 2.24) is 15.5 Å². The molecule has 4 amide bonds. The van der Waals surface area contributed by atoms with E-state index in [2.05, 4.69) is 29.8 Å². The molecule has 1 aromatic rings. The van der Waals surface area contributed by atoms with Gasteiger partial charge in [-0.25, -0.2) is 4.79 Å². The molecule has 0 aliphatic carbocycles. The van der Waals surface area contributed by atoms with E-state index in [1.165, 1.54) is 5.56 Å². The summed E-state index contributed by atoms with van der Waals surface area (Å²) in [7, 11) is 0. The molecule has 0 aromatic heterocycles. The Bertz CT molecular complexity index is 1010. The van der Waals surface area contributed by atoms with E-state index in [1.54, 1.807) is 25.7 Å².